The SMILES string of the molecule is COc1cc(N)c(Cl)cc1C(=O)CCC1CCN(CC(N)S(C)(=O)=O)CC1.Cl. The number of nitrogen functional groups attached to an aromatic ring is 1. The second-order valence-corrected chi connectivity index (χ2v) is 9.82. The Morgan fingerprint density at radius 2 is 1.96 bits per heavy atom. The first-order valence-electron chi connectivity index (χ1n) is 8.94. The molecule has 0 aromatic heterocycles. The van der Waals surface area contributed by atoms with Crippen LogP contribution in [0, 0.1) is 5.92 Å². The van der Waals surface area contributed by atoms with E-state index in [1.807, 2.05) is 0 Å². The number of carbonyl (C=O) groups is 1. The van der Waals surface area contributed by atoms with Crippen molar-refractivity contribution in [2.24, 2.45) is 11.7 Å². The molecule has 1 aliphatic heterocycles. The van der Waals surface area contributed by atoms with Gasteiger partial charge in [-0.05, 0) is 44.3 Å². The van der Waals surface area contributed by atoms with E-state index < -0.39 is 15.2 Å². The van der Waals surface area contributed by atoms with Crippen molar-refractivity contribution in [3.63, 3.8) is 0 Å². The smallest absolute Gasteiger partial charge is 0.166 e. The number of rotatable bonds is 8. The highest BCUT2D eigenvalue weighted by Crippen LogP contribution is 2.31. The van der Waals surface area contributed by atoms with E-state index in [9.17, 15) is 13.2 Å². The summed E-state index contributed by atoms with van der Waals surface area (Å²) >= 11 is 6.03. The van der Waals surface area contributed by atoms with E-state index in [2.05, 4.69) is 4.90 Å². The molecule has 4 N–H and O–H groups in total. The topological polar surface area (TPSA) is 116 Å². The number of ketones is 1. The first-order valence-corrected chi connectivity index (χ1v) is 11.3. The van der Waals surface area contributed by atoms with E-state index in [0.29, 0.717) is 40.9 Å². The number of ether oxygens (including phenoxy) is 1. The van der Waals surface area contributed by atoms with Gasteiger partial charge in [-0.1, -0.05) is 11.6 Å². The van der Waals surface area contributed by atoms with Gasteiger partial charge >= 0.3 is 0 Å². The maximum absolute atomic E-state index is 12.6. The average Bonchev–Trinajstić information content (AvgIpc) is 2.61. The molecule has 0 aliphatic carbocycles. The fourth-order valence-corrected chi connectivity index (χ4v) is 3.92. The molecule has 1 heterocycles. The Kier molecular flexibility index (Phi) is 9.49. The number of anilines is 1. The minimum atomic E-state index is -3.22. The van der Waals surface area contributed by atoms with E-state index in [1.165, 1.54) is 7.11 Å². The van der Waals surface area contributed by atoms with Crippen molar-refractivity contribution in [2.75, 3.05) is 38.7 Å². The van der Waals surface area contributed by atoms with Crippen LogP contribution in [0.4, 0.5) is 5.69 Å². The van der Waals surface area contributed by atoms with Gasteiger partial charge in [0, 0.05) is 25.3 Å². The molecule has 0 spiro atoms. The lowest BCUT2D eigenvalue weighted by Gasteiger charge is -2.33. The average molecular weight is 454 g/mol. The van der Waals surface area contributed by atoms with Gasteiger partial charge in [-0.2, -0.15) is 0 Å². The van der Waals surface area contributed by atoms with Crippen LogP contribution in [0.5, 0.6) is 5.75 Å². The molecule has 1 aliphatic rings. The molecule has 1 unspecified atom stereocenters. The number of halogens is 2. The fraction of sp³-hybridized carbons (Fsp3) is 0.611. The van der Waals surface area contributed by atoms with Crippen LogP contribution in [-0.4, -0.2) is 57.5 Å². The predicted molar refractivity (Wildman–Crippen MR) is 115 cm³/mol. The minimum Gasteiger partial charge on any atom is -0.496 e. The summed E-state index contributed by atoms with van der Waals surface area (Å²) in [6.45, 7) is 1.93. The Balaban J connectivity index is 0.00000392. The number of nitrogens with zero attached hydrogens (tertiary/aromatic N) is 1. The van der Waals surface area contributed by atoms with Gasteiger partial charge in [0.2, 0.25) is 0 Å². The van der Waals surface area contributed by atoms with Crippen LogP contribution in [0.15, 0.2) is 12.1 Å². The van der Waals surface area contributed by atoms with E-state index >= 15 is 0 Å². The molecule has 7 nitrogen and oxygen atoms in total. The van der Waals surface area contributed by atoms with Crippen LogP contribution in [0.25, 0.3) is 0 Å². The highest BCUT2D eigenvalue weighted by atomic mass is 35.5. The van der Waals surface area contributed by atoms with Gasteiger partial charge in [-0.3, -0.25) is 4.79 Å². The lowest BCUT2D eigenvalue weighted by Crippen LogP contribution is -2.45. The summed E-state index contributed by atoms with van der Waals surface area (Å²) in [4.78, 5) is 14.7. The predicted octanol–water partition coefficient (Wildman–Crippen LogP) is 2.36. The molecule has 1 aromatic carbocycles. The minimum absolute atomic E-state index is 0. The second kappa shape index (κ2) is 10.6. The summed E-state index contributed by atoms with van der Waals surface area (Å²) in [5.41, 5.74) is 12.3. The maximum atomic E-state index is 12.6. The fourth-order valence-electron chi connectivity index (χ4n) is 3.27. The van der Waals surface area contributed by atoms with E-state index in [4.69, 9.17) is 27.8 Å². The van der Waals surface area contributed by atoms with Crippen LogP contribution in [0.2, 0.25) is 5.02 Å². The van der Waals surface area contributed by atoms with Crippen LogP contribution in [0.3, 0.4) is 0 Å². The zero-order valence-electron chi connectivity index (χ0n) is 16.2. The van der Waals surface area contributed by atoms with Gasteiger partial charge in [0.1, 0.15) is 11.1 Å². The molecule has 1 fully saturated rings. The maximum Gasteiger partial charge on any atom is 0.166 e. The molecule has 10 heteroatoms. The first kappa shape index (κ1) is 25.0. The highest BCUT2D eigenvalue weighted by Gasteiger charge is 2.25. The third-order valence-electron chi connectivity index (χ3n) is 5.09. The van der Waals surface area contributed by atoms with Gasteiger partial charge in [-0.25, -0.2) is 8.42 Å². The number of sulfone groups is 1. The van der Waals surface area contributed by atoms with Crippen molar-refractivity contribution >= 4 is 45.3 Å². The molecule has 1 aromatic rings. The van der Waals surface area contributed by atoms with Gasteiger partial charge in [0.15, 0.2) is 15.6 Å². The summed E-state index contributed by atoms with van der Waals surface area (Å²) in [5.74, 6) is 0.844. The standard InChI is InChI=1S/C18H28ClN3O4S.ClH/c1-26-17-10-15(20)14(19)9-13(17)16(23)4-3-12-5-7-22(8-6-12)11-18(21)27(2,24)25;/h9-10,12,18H,3-8,11,20-21H2,1-2H3;1H. The van der Waals surface area contributed by atoms with Crippen molar-refractivity contribution in [2.45, 2.75) is 31.1 Å². The van der Waals surface area contributed by atoms with Crippen LogP contribution in [0.1, 0.15) is 36.0 Å². The van der Waals surface area contributed by atoms with Crippen LogP contribution < -0.4 is 16.2 Å². The molecule has 160 valence electrons. The lowest BCUT2D eigenvalue weighted by molar-refractivity contribution is 0.0959. The molecule has 0 bridgehead atoms. The number of benzene rings is 1. The van der Waals surface area contributed by atoms with Crippen molar-refractivity contribution in [1.82, 2.24) is 4.90 Å². The monoisotopic (exact) mass is 453 g/mol. The third kappa shape index (κ3) is 6.77. The molecule has 0 amide bonds. The second-order valence-electron chi connectivity index (χ2n) is 7.15. The molecule has 0 saturated carbocycles. The van der Waals surface area contributed by atoms with Gasteiger partial charge in [0.25, 0.3) is 0 Å². The Bertz CT molecular complexity index is 781. The molecule has 1 saturated heterocycles. The Labute approximate surface area is 178 Å². The van der Waals surface area contributed by atoms with Crippen LogP contribution >= 0.6 is 24.0 Å². The Hall–Kier alpha value is -1.06. The molecular formula is C18H29Cl2N3O4S. The van der Waals surface area contributed by atoms with E-state index in [0.717, 1.165) is 38.6 Å². The zero-order valence-corrected chi connectivity index (χ0v) is 18.6. The highest BCUT2D eigenvalue weighted by molar-refractivity contribution is 7.91. The summed E-state index contributed by atoms with van der Waals surface area (Å²) in [6, 6.07) is 3.13. The number of methoxy groups -OCH3 is 1. The summed E-state index contributed by atoms with van der Waals surface area (Å²) < 4.78 is 28.2. The summed E-state index contributed by atoms with van der Waals surface area (Å²) in [6.07, 6.45) is 4.18. The molecule has 28 heavy (non-hydrogen) atoms. The normalized spacial score (nSPS) is 17.0. The zero-order chi connectivity index (χ0) is 20.2. The van der Waals surface area contributed by atoms with Crippen molar-refractivity contribution < 1.29 is 17.9 Å². The van der Waals surface area contributed by atoms with Gasteiger partial charge < -0.3 is 21.1 Å². The van der Waals surface area contributed by atoms with Crippen LogP contribution in [-0.2, 0) is 9.84 Å². The quantitative estimate of drug-likeness (QED) is 0.458. The molecular weight excluding hydrogens is 425 g/mol. The lowest BCUT2D eigenvalue weighted by atomic mass is 9.90. The number of nitrogens with two attached hydrogens (primary N) is 2. The summed E-state index contributed by atoms with van der Waals surface area (Å²) in [5, 5.41) is -0.506. The Morgan fingerprint density at radius 3 is 2.50 bits per heavy atom. The van der Waals surface area contributed by atoms with Crippen molar-refractivity contribution in [3.8, 4) is 5.75 Å². The number of carbonyl (C=O) groups excluding carboxylic acids is 1. The van der Waals surface area contributed by atoms with Crippen molar-refractivity contribution in [3.05, 3.63) is 22.7 Å². The number of Topliss-reactive ketones (excluding diaryl/α,β-unsaturated/α-hetero) is 1. The number of hydrogen-bond donors (Lipinski definition) is 2. The summed E-state index contributed by atoms with van der Waals surface area (Å²) in [7, 11) is -1.72. The number of likely N-dealkylation sites (tertiary alicyclic amines) is 1. The molecule has 1 atom stereocenters. The van der Waals surface area contributed by atoms with Crippen molar-refractivity contribution in [1.29, 1.82) is 0 Å². The first-order chi connectivity index (χ1) is 12.6. The molecule has 0 radical (unpaired) electrons. The van der Waals surface area contributed by atoms with Gasteiger partial charge in [-0.15, -0.1) is 12.4 Å². The Morgan fingerprint density at radius 1 is 1.36 bits per heavy atom. The number of piperidine rings is 1. The number of hydrogen-bond acceptors (Lipinski definition) is 7. The largest absolute Gasteiger partial charge is 0.496 e. The third-order valence-corrected chi connectivity index (χ3v) is 6.67. The van der Waals surface area contributed by atoms with Gasteiger partial charge in [0.05, 0.1) is 23.4 Å². The van der Waals surface area contributed by atoms with E-state index in [-0.39, 0.29) is 18.2 Å². The van der Waals surface area contributed by atoms with E-state index in [1.54, 1.807) is 12.1 Å². The molecule has 2 rings (SSSR count).